The van der Waals surface area contributed by atoms with E-state index in [2.05, 4.69) is 4.98 Å². The van der Waals surface area contributed by atoms with Gasteiger partial charge in [-0.05, 0) is 6.92 Å². The summed E-state index contributed by atoms with van der Waals surface area (Å²) in [5.41, 5.74) is 1.40. The molecule has 0 bridgehead atoms. The predicted molar refractivity (Wildman–Crippen MR) is 89.1 cm³/mol. The van der Waals surface area contributed by atoms with Crippen molar-refractivity contribution in [3.05, 3.63) is 48.4 Å². The Kier molecular flexibility index (Phi) is 4.07. The molecule has 1 N–H and O–H groups in total. The third-order valence-electron chi connectivity index (χ3n) is 5.47. The summed E-state index contributed by atoms with van der Waals surface area (Å²) in [6, 6.07) is 3.35. The van der Waals surface area contributed by atoms with Crippen molar-refractivity contribution >= 4 is 11.9 Å². The third-order valence-corrected chi connectivity index (χ3v) is 5.47. The van der Waals surface area contributed by atoms with Crippen LogP contribution in [0, 0.1) is 11.8 Å². The van der Waals surface area contributed by atoms with Crippen molar-refractivity contribution in [2.75, 3.05) is 0 Å². The molecule has 0 spiro atoms. The van der Waals surface area contributed by atoms with Crippen LogP contribution in [0.25, 0.3) is 11.3 Å². The quantitative estimate of drug-likeness (QED) is 0.561. The Balaban J connectivity index is 1.63. The van der Waals surface area contributed by atoms with Crippen LogP contribution in [0.4, 0.5) is 0 Å². The molecule has 0 radical (unpaired) electrons. The molecule has 140 valence electrons. The molecule has 2 aromatic rings. The number of rotatable bonds is 5. The van der Waals surface area contributed by atoms with E-state index in [0.29, 0.717) is 17.9 Å². The first-order valence-corrected chi connectivity index (χ1v) is 8.73. The highest BCUT2D eigenvalue weighted by molar-refractivity contribution is 5.99. The Labute approximate surface area is 155 Å². The number of pyridine rings is 1. The van der Waals surface area contributed by atoms with Gasteiger partial charge in [0.1, 0.15) is 0 Å². The van der Waals surface area contributed by atoms with Gasteiger partial charge in [-0.3, -0.25) is 4.79 Å². The van der Waals surface area contributed by atoms with Crippen LogP contribution in [-0.4, -0.2) is 39.0 Å². The van der Waals surface area contributed by atoms with Gasteiger partial charge in [0.25, 0.3) is 0 Å². The summed E-state index contributed by atoms with van der Waals surface area (Å²) in [5.74, 6) is -1.85. The van der Waals surface area contributed by atoms with Crippen molar-refractivity contribution in [2.24, 2.45) is 11.8 Å². The molecule has 4 atom stereocenters. The summed E-state index contributed by atoms with van der Waals surface area (Å²) < 4.78 is 7.09. The van der Waals surface area contributed by atoms with Gasteiger partial charge in [0.2, 0.25) is 5.91 Å². The lowest BCUT2D eigenvalue weighted by atomic mass is 9.78. The molecule has 0 saturated carbocycles. The summed E-state index contributed by atoms with van der Waals surface area (Å²) in [6.07, 6.45) is 5.77. The zero-order valence-electron chi connectivity index (χ0n) is 14.9. The molecule has 2 aromatic heterocycles. The summed E-state index contributed by atoms with van der Waals surface area (Å²) in [4.78, 5) is 29.2. The van der Waals surface area contributed by atoms with E-state index in [9.17, 15) is 19.8 Å². The third kappa shape index (κ3) is 2.64. The van der Waals surface area contributed by atoms with Crippen LogP contribution in [0.1, 0.15) is 13.8 Å². The van der Waals surface area contributed by atoms with Crippen molar-refractivity contribution < 1.29 is 28.8 Å². The average Bonchev–Trinajstić information content (AvgIpc) is 3.22. The lowest BCUT2D eigenvalue weighted by molar-refractivity contribution is -0.689. The molecule has 1 saturated heterocycles. The minimum Gasteiger partial charge on any atom is -0.543 e. The number of aliphatic hydroxyl groups is 1. The zero-order valence-corrected chi connectivity index (χ0v) is 14.9. The normalized spacial score (nSPS) is 25.4. The van der Waals surface area contributed by atoms with Gasteiger partial charge in [0.05, 0.1) is 35.9 Å². The van der Waals surface area contributed by atoms with Crippen molar-refractivity contribution in [3.63, 3.8) is 0 Å². The van der Waals surface area contributed by atoms with Gasteiger partial charge < -0.3 is 24.3 Å². The second-order valence-electron chi connectivity index (χ2n) is 7.04. The smallest absolute Gasteiger partial charge is 0.235 e. The van der Waals surface area contributed by atoms with Gasteiger partial charge in [-0.2, -0.15) is 0 Å². The zero-order chi connectivity index (χ0) is 19.3. The maximum Gasteiger partial charge on any atom is 0.235 e. The number of carboxylic acids is 1. The van der Waals surface area contributed by atoms with Crippen LogP contribution in [0.15, 0.2) is 52.8 Å². The van der Waals surface area contributed by atoms with Crippen molar-refractivity contribution in [1.29, 1.82) is 0 Å². The van der Waals surface area contributed by atoms with Crippen LogP contribution in [0.3, 0.4) is 0 Å². The summed E-state index contributed by atoms with van der Waals surface area (Å²) in [7, 11) is 0. The number of carbonyl (C=O) groups excluding carboxylic acids is 2. The molecule has 2 aliphatic heterocycles. The topological polar surface area (TPSA) is 111 Å². The molecule has 1 fully saturated rings. The Bertz CT molecular complexity index is 917. The average molecular weight is 369 g/mol. The Morgan fingerprint density at radius 2 is 2.15 bits per heavy atom. The molecule has 4 heterocycles. The summed E-state index contributed by atoms with van der Waals surface area (Å²) >= 11 is 0. The van der Waals surface area contributed by atoms with E-state index in [1.165, 1.54) is 11.3 Å². The van der Waals surface area contributed by atoms with Crippen molar-refractivity contribution in [2.45, 2.75) is 32.5 Å². The number of hydrogen-bond donors (Lipinski definition) is 1. The molecule has 1 amide bonds. The summed E-state index contributed by atoms with van der Waals surface area (Å²) in [5, 5.41) is 21.6. The monoisotopic (exact) mass is 369 g/mol. The van der Waals surface area contributed by atoms with Gasteiger partial charge in [0.15, 0.2) is 31.1 Å². The number of aliphatic carboxylic acids is 1. The SMILES string of the molecule is C[C@@H](O)[C@H]1C(=O)N2C(C(=O)[O-])=C(C[n+]3ccc(-c4cnco4)cc3)[C@H](C)[C@H]12. The molecule has 27 heavy (non-hydrogen) atoms. The second kappa shape index (κ2) is 6.31. The number of hydrogen-bond acceptors (Lipinski definition) is 6. The van der Waals surface area contributed by atoms with E-state index >= 15 is 0 Å². The molecule has 0 unspecified atom stereocenters. The second-order valence-corrected chi connectivity index (χ2v) is 7.04. The van der Waals surface area contributed by atoms with Crippen LogP contribution in [0.2, 0.25) is 0 Å². The minimum absolute atomic E-state index is 0.0683. The van der Waals surface area contributed by atoms with E-state index in [4.69, 9.17) is 4.42 Å². The molecule has 0 aromatic carbocycles. The van der Waals surface area contributed by atoms with E-state index in [1.54, 1.807) is 13.1 Å². The highest BCUT2D eigenvalue weighted by Crippen LogP contribution is 2.46. The van der Waals surface area contributed by atoms with Crippen LogP contribution < -0.4 is 9.67 Å². The van der Waals surface area contributed by atoms with Gasteiger partial charge >= 0.3 is 0 Å². The number of aliphatic hydroxyl groups excluding tert-OH is 1. The number of carbonyl (C=O) groups is 2. The van der Waals surface area contributed by atoms with Crippen LogP contribution in [-0.2, 0) is 16.1 Å². The number of oxazole rings is 1. The largest absolute Gasteiger partial charge is 0.543 e. The Morgan fingerprint density at radius 3 is 2.70 bits per heavy atom. The van der Waals surface area contributed by atoms with E-state index < -0.39 is 18.0 Å². The first-order valence-electron chi connectivity index (χ1n) is 8.73. The number of nitrogens with zero attached hydrogens (tertiary/aromatic N) is 3. The van der Waals surface area contributed by atoms with Crippen molar-refractivity contribution in [3.8, 4) is 11.3 Å². The van der Waals surface area contributed by atoms with E-state index in [-0.39, 0.29) is 23.6 Å². The van der Waals surface area contributed by atoms with Gasteiger partial charge in [-0.1, -0.05) is 6.92 Å². The number of fused-ring (bicyclic) bond motifs is 1. The lowest BCUT2D eigenvalue weighted by Gasteiger charge is -2.47. The molecule has 8 heteroatoms. The van der Waals surface area contributed by atoms with E-state index in [0.717, 1.165) is 5.56 Å². The molecular formula is C19H19N3O5. The molecule has 2 aliphatic rings. The Morgan fingerprint density at radius 1 is 1.44 bits per heavy atom. The number of amides is 1. The fourth-order valence-corrected chi connectivity index (χ4v) is 4.12. The number of β-lactam (4-membered cyclic amide) rings is 1. The predicted octanol–water partition coefficient (Wildman–Crippen LogP) is -0.509. The Hall–Kier alpha value is -3.00. The van der Waals surface area contributed by atoms with Gasteiger partial charge in [0, 0.05) is 29.2 Å². The van der Waals surface area contributed by atoms with Crippen molar-refractivity contribution in [1.82, 2.24) is 9.88 Å². The standard InChI is InChI=1S/C19H19N3O5/c1-10-13(8-21-5-3-12(4-6-21)14-7-20-9-27-14)17(19(25)26)22-16(10)15(11(2)23)18(22)24/h3-7,9-11,15-16,23H,8H2,1-2H3/t10-,11+,15+,16+/m0/s1. The van der Waals surface area contributed by atoms with E-state index in [1.807, 2.05) is 36.0 Å². The fourth-order valence-electron chi connectivity index (χ4n) is 4.12. The number of aromatic nitrogens is 2. The van der Waals surface area contributed by atoms with Gasteiger partial charge in [-0.15, -0.1) is 0 Å². The highest BCUT2D eigenvalue weighted by Gasteiger charge is 2.59. The molecule has 4 rings (SSSR count). The van der Waals surface area contributed by atoms with Crippen LogP contribution >= 0.6 is 0 Å². The molecule has 0 aliphatic carbocycles. The first kappa shape index (κ1) is 17.4. The highest BCUT2D eigenvalue weighted by atomic mass is 16.4. The molecule has 8 nitrogen and oxygen atoms in total. The fraction of sp³-hybridized carbons (Fsp3) is 0.368. The van der Waals surface area contributed by atoms with Gasteiger partial charge in [-0.25, -0.2) is 9.55 Å². The maximum absolute atomic E-state index is 12.3. The van der Waals surface area contributed by atoms with Crippen LogP contribution in [0.5, 0.6) is 0 Å². The minimum atomic E-state index is -1.37. The summed E-state index contributed by atoms with van der Waals surface area (Å²) in [6.45, 7) is 3.75. The lowest BCUT2D eigenvalue weighted by Crippen LogP contribution is -2.64. The number of carboxylic acid groups (broad SMARTS) is 1. The first-order chi connectivity index (χ1) is 12.9. The maximum atomic E-state index is 12.3. The molecular weight excluding hydrogens is 350 g/mol.